The first-order chi connectivity index (χ1) is 38.9. The predicted octanol–water partition coefficient (Wildman–Crippen LogP) is 21.0. The monoisotopic (exact) mass is 1140 g/mol. The van der Waals surface area contributed by atoms with Crippen LogP contribution in [-0.2, 0) is 27.9 Å². The van der Waals surface area contributed by atoms with Crippen molar-refractivity contribution in [1.29, 1.82) is 0 Å². The van der Waals surface area contributed by atoms with Gasteiger partial charge in [-0.25, -0.2) is 4.57 Å². The maximum absolute atomic E-state index is 13.6. The van der Waals surface area contributed by atoms with Crippen molar-refractivity contribution < 1.29 is 37.3 Å². The smallest absolute Gasteiger partial charge is 0.456 e. The number of unbranched alkanes of at least 4 members (excludes halogenated alkanes) is 32. The third kappa shape index (κ3) is 59.8. The molecule has 464 valence electrons. The Hall–Kier alpha value is -2.81. The van der Waals surface area contributed by atoms with Crippen LogP contribution in [0.4, 0.5) is 0 Å². The molecule has 1 amide bonds. The van der Waals surface area contributed by atoms with Crippen LogP contribution in [0.15, 0.2) is 85.1 Å². The molecule has 3 unspecified atom stereocenters. The molecule has 0 aromatic carbocycles. The van der Waals surface area contributed by atoms with Crippen molar-refractivity contribution >= 4 is 19.7 Å². The van der Waals surface area contributed by atoms with Gasteiger partial charge < -0.3 is 19.4 Å². The van der Waals surface area contributed by atoms with E-state index in [1.165, 1.54) is 173 Å². The molecule has 0 spiro atoms. The number of carbonyl (C=O) groups excluding carboxylic acids is 2. The lowest BCUT2D eigenvalue weighted by Gasteiger charge is -2.27. The van der Waals surface area contributed by atoms with E-state index in [9.17, 15) is 19.0 Å². The van der Waals surface area contributed by atoms with Crippen LogP contribution in [0.5, 0.6) is 0 Å². The molecular weight excluding hydrogens is 1010 g/mol. The number of nitrogens with zero attached hydrogens (tertiary/aromatic N) is 1. The Morgan fingerprint density at radius 2 is 0.762 bits per heavy atom. The number of nitrogens with one attached hydrogen (secondary N) is 1. The van der Waals surface area contributed by atoms with E-state index in [-0.39, 0.29) is 31.5 Å². The molecule has 0 bridgehead atoms. The third-order valence-electron chi connectivity index (χ3n) is 14.6. The maximum Gasteiger partial charge on any atom is 0.472 e. The molecule has 2 N–H and O–H groups in total. The molecule has 80 heavy (non-hydrogen) atoms. The molecule has 0 aliphatic rings. The SMILES string of the molecule is CCCCC/C=C\C/C=C\C/C=C\C/C=C\CCCCCC(=O)NC(COP(=O)(O)OCC[N+](C)(C)C)C(/C=C/CCCCCCCCCCCC)OC(=O)CCCCCCCCCCCCCCC/C=C\C/C=C\CCCCC. The topological polar surface area (TPSA) is 111 Å². The second-order valence-electron chi connectivity index (χ2n) is 23.6. The van der Waals surface area contributed by atoms with Crippen molar-refractivity contribution in [2.45, 2.75) is 309 Å². The average Bonchev–Trinajstić information content (AvgIpc) is 3.42. The molecule has 3 atom stereocenters. The number of phosphoric acid groups is 1. The van der Waals surface area contributed by atoms with Crippen molar-refractivity contribution in [2.75, 3.05) is 40.9 Å². The molecule has 0 saturated carbocycles. The molecule has 9 nitrogen and oxygen atoms in total. The quantitative estimate of drug-likeness (QED) is 0.0205. The summed E-state index contributed by atoms with van der Waals surface area (Å²) >= 11 is 0. The van der Waals surface area contributed by atoms with E-state index in [1.54, 1.807) is 0 Å². The van der Waals surface area contributed by atoms with Gasteiger partial charge in [0.1, 0.15) is 19.3 Å². The van der Waals surface area contributed by atoms with Crippen LogP contribution in [-0.4, -0.2) is 74.3 Å². The highest BCUT2D eigenvalue weighted by molar-refractivity contribution is 7.47. The Balaban J connectivity index is 5.20. The first-order valence-electron chi connectivity index (χ1n) is 33.4. The highest BCUT2D eigenvalue weighted by atomic mass is 31.2. The van der Waals surface area contributed by atoms with Crippen molar-refractivity contribution in [3.05, 3.63) is 85.1 Å². The van der Waals surface area contributed by atoms with Crippen molar-refractivity contribution in [3.63, 3.8) is 0 Å². The first-order valence-corrected chi connectivity index (χ1v) is 34.9. The zero-order valence-electron chi connectivity index (χ0n) is 53.1. The summed E-state index contributed by atoms with van der Waals surface area (Å²) in [5.74, 6) is -0.538. The lowest BCUT2D eigenvalue weighted by Crippen LogP contribution is -2.47. The molecule has 0 aromatic heterocycles. The second-order valence-corrected chi connectivity index (χ2v) is 25.1. The Kier molecular flexibility index (Phi) is 57.3. The van der Waals surface area contributed by atoms with Gasteiger partial charge in [0.05, 0.1) is 33.8 Å². The zero-order chi connectivity index (χ0) is 58.6. The van der Waals surface area contributed by atoms with E-state index in [1.807, 2.05) is 33.3 Å². The molecule has 0 saturated heterocycles. The van der Waals surface area contributed by atoms with Gasteiger partial charge in [0.2, 0.25) is 5.91 Å². The van der Waals surface area contributed by atoms with E-state index in [2.05, 4.69) is 99.0 Å². The summed E-state index contributed by atoms with van der Waals surface area (Å²) in [6, 6.07) is -0.869. The number of ether oxygens (including phenoxy) is 1. The Bertz CT molecular complexity index is 1640. The first kappa shape index (κ1) is 77.2. The molecule has 0 fully saturated rings. The molecule has 0 radical (unpaired) electrons. The van der Waals surface area contributed by atoms with Crippen molar-refractivity contribution in [2.24, 2.45) is 0 Å². The standard InChI is InChI=1S/C70H127N2O7P/c1-7-10-13-16-19-22-25-28-30-32-34-35-36-37-39-41-43-45-48-51-54-57-60-63-70(74)79-68(61-58-55-52-49-46-27-24-21-18-15-12-9-3)67(66-78-80(75,76)77-65-64-72(4,5)6)71-69(73)62-59-56-53-50-47-44-42-40-38-33-31-29-26-23-20-17-14-11-8-2/h19-20,22-23,28-31,38,40,44,47,58,61,67-68H,7-18,21,24-27,32-37,39,41-43,45-46,48-57,59-60,62-66H2,1-6H3,(H-,71,73,75,76)/p+1/b22-19-,23-20-,30-28-,31-29-,40-38-,47-44-,61-58+. The fraction of sp³-hybridized carbons (Fsp3) is 0.771. The molecule has 0 aliphatic heterocycles. The Morgan fingerprint density at radius 3 is 1.18 bits per heavy atom. The maximum atomic E-state index is 13.6. The van der Waals surface area contributed by atoms with Gasteiger partial charge in [-0.3, -0.25) is 18.6 Å². The molecule has 0 aliphatic carbocycles. The number of esters is 1. The summed E-state index contributed by atoms with van der Waals surface area (Å²) in [5.41, 5.74) is 0. The highest BCUT2D eigenvalue weighted by Crippen LogP contribution is 2.43. The fourth-order valence-corrected chi connectivity index (χ4v) is 10.1. The van der Waals surface area contributed by atoms with E-state index in [0.717, 1.165) is 83.5 Å². The lowest BCUT2D eigenvalue weighted by molar-refractivity contribution is -0.870. The molecule has 0 aromatic rings. The van der Waals surface area contributed by atoms with Crippen LogP contribution < -0.4 is 5.32 Å². The van der Waals surface area contributed by atoms with Crippen molar-refractivity contribution in [1.82, 2.24) is 5.32 Å². The summed E-state index contributed by atoms with van der Waals surface area (Å²) in [7, 11) is 1.47. The van der Waals surface area contributed by atoms with Gasteiger partial charge in [0, 0.05) is 12.8 Å². The van der Waals surface area contributed by atoms with Gasteiger partial charge in [-0.05, 0) is 109 Å². The van der Waals surface area contributed by atoms with Crippen LogP contribution in [0.1, 0.15) is 297 Å². The largest absolute Gasteiger partial charge is 0.472 e. The van der Waals surface area contributed by atoms with Gasteiger partial charge in [-0.15, -0.1) is 0 Å². The van der Waals surface area contributed by atoms with Crippen LogP contribution in [0.2, 0.25) is 0 Å². The van der Waals surface area contributed by atoms with Crippen LogP contribution >= 0.6 is 7.82 Å². The number of carbonyl (C=O) groups is 2. The number of allylic oxidation sites excluding steroid dienone is 13. The number of hydrogen-bond donors (Lipinski definition) is 2. The zero-order valence-corrected chi connectivity index (χ0v) is 54.0. The van der Waals surface area contributed by atoms with Crippen LogP contribution in [0.3, 0.4) is 0 Å². The van der Waals surface area contributed by atoms with Crippen LogP contribution in [0.25, 0.3) is 0 Å². The molecule has 0 rings (SSSR count). The molecule has 0 heterocycles. The van der Waals surface area contributed by atoms with Gasteiger partial charge in [-0.2, -0.15) is 0 Å². The Labute approximate surface area is 495 Å². The van der Waals surface area contributed by atoms with Crippen molar-refractivity contribution in [3.8, 4) is 0 Å². The minimum atomic E-state index is -4.46. The molecule has 10 heteroatoms. The number of likely N-dealkylation sites (N-methyl/N-ethyl adjacent to an activating group) is 1. The van der Waals surface area contributed by atoms with Gasteiger partial charge in [0.15, 0.2) is 0 Å². The molecular formula is C70H128N2O7P+. The lowest BCUT2D eigenvalue weighted by atomic mass is 10.0. The van der Waals surface area contributed by atoms with Gasteiger partial charge >= 0.3 is 13.8 Å². The summed E-state index contributed by atoms with van der Waals surface area (Å²) in [6.45, 7) is 6.95. The number of rotatable bonds is 60. The normalized spacial score (nSPS) is 14.1. The Morgan fingerprint density at radius 1 is 0.438 bits per heavy atom. The van der Waals surface area contributed by atoms with Crippen LogP contribution in [0, 0.1) is 0 Å². The summed E-state index contributed by atoms with van der Waals surface area (Å²) in [5, 5.41) is 3.04. The summed E-state index contributed by atoms with van der Waals surface area (Å²) < 4.78 is 30.7. The predicted molar refractivity (Wildman–Crippen MR) is 346 cm³/mol. The fourth-order valence-electron chi connectivity index (χ4n) is 9.37. The van der Waals surface area contributed by atoms with E-state index in [0.29, 0.717) is 23.9 Å². The number of amides is 1. The number of phosphoric ester groups is 1. The minimum Gasteiger partial charge on any atom is -0.456 e. The second kappa shape index (κ2) is 59.4. The van der Waals surface area contributed by atoms with E-state index < -0.39 is 20.0 Å². The van der Waals surface area contributed by atoms with Gasteiger partial charge in [-0.1, -0.05) is 260 Å². The summed E-state index contributed by atoms with van der Waals surface area (Å²) in [4.78, 5) is 37.8. The van der Waals surface area contributed by atoms with Gasteiger partial charge in [0.25, 0.3) is 0 Å². The average molecular weight is 1140 g/mol. The number of quaternary nitrogens is 1. The van der Waals surface area contributed by atoms with E-state index in [4.69, 9.17) is 13.8 Å². The van der Waals surface area contributed by atoms with E-state index >= 15 is 0 Å². The summed E-state index contributed by atoms with van der Waals surface area (Å²) in [6.07, 6.45) is 78.7. The third-order valence-corrected chi connectivity index (χ3v) is 15.5. The number of hydrogen-bond acceptors (Lipinski definition) is 6. The minimum absolute atomic E-state index is 0.0311. The highest BCUT2D eigenvalue weighted by Gasteiger charge is 2.30.